The molecule has 0 aliphatic carbocycles. The summed E-state index contributed by atoms with van der Waals surface area (Å²) in [5.41, 5.74) is 0.213. The van der Waals surface area contributed by atoms with Gasteiger partial charge >= 0.3 is 6.09 Å². The van der Waals surface area contributed by atoms with Gasteiger partial charge in [0.25, 0.3) is 0 Å². The van der Waals surface area contributed by atoms with Gasteiger partial charge in [0.2, 0.25) is 0 Å². The third kappa shape index (κ3) is 2.66. The Morgan fingerprint density at radius 1 is 1.41 bits per heavy atom. The summed E-state index contributed by atoms with van der Waals surface area (Å²) in [5, 5.41) is 1.88. The number of Topliss-reactive ketones (excluding diaryl/α,β-unsaturated/α-hetero) is 1. The van der Waals surface area contributed by atoms with Gasteiger partial charge in [0.05, 0.1) is 13.1 Å². The van der Waals surface area contributed by atoms with E-state index in [1.807, 2.05) is 32.2 Å². The lowest BCUT2D eigenvalue weighted by atomic mass is 10.1. The van der Waals surface area contributed by atoms with Crippen molar-refractivity contribution in [3.63, 3.8) is 0 Å². The summed E-state index contributed by atoms with van der Waals surface area (Å²) in [6.07, 6.45) is -0.426. The lowest BCUT2D eigenvalue weighted by Gasteiger charge is -2.29. The number of hydrogen-bond acceptors (Lipinski definition) is 4. The van der Waals surface area contributed by atoms with E-state index in [2.05, 4.69) is 0 Å². The fraction of sp³-hybridized carbons (Fsp3) is 0.500. The van der Waals surface area contributed by atoms with Crippen molar-refractivity contribution in [1.29, 1.82) is 0 Å². The van der Waals surface area contributed by atoms with E-state index in [0.717, 1.165) is 10.4 Å². The second-order valence-electron chi connectivity index (χ2n) is 5.02. The van der Waals surface area contributed by atoms with Crippen LogP contribution < -0.4 is 0 Å². The summed E-state index contributed by atoms with van der Waals surface area (Å²) in [7, 11) is 0. The second kappa shape index (κ2) is 4.14. The summed E-state index contributed by atoms with van der Waals surface area (Å²) in [4.78, 5) is 26.0. The third-order valence-corrected chi connectivity index (χ3v) is 3.27. The summed E-state index contributed by atoms with van der Waals surface area (Å²) >= 11 is 1.50. The Balaban J connectivity index is 2.12. The maximum absolute atomic E-state index is 11.8. The SMILES string of the molecule is CC(C)(C)OC(=O)N1CC(=O)c2ccsc2C1. The molecule has 0 bridgehead atoms. The first kappa shape index (κ1) is 12.1. The minimum atomic E-state index is -0.532. The molecule has 92 valence electrons. The summed E-state index contributed by atoms with van der Waals surface area (Å²) in [6.45, 7) is 6.01. The van der Waals surface area contributed by atoms with Crippen LogP contribution in [-0.2, 0) is 11.3 Å². The van der Waals surface area contributed by atoms with Crippen molar-refractivity contribution in [1.82, 2.24) is 4.90 Å². The minimum Gasteiger partial charge on any atom is -0.444 e. The van der Waals surface area contributed by atoms with Gasteiger partial charge in [-0.25, -0.2) is 4.79 Å². The Kier molecular flexibility index (Phi) is 2.95. The molecule has 4 nitrogen and oxygen atoms in total. The molecule has 0 aromatic carbocycles. The van der Waals surface area contributed by atoms with Crippen molar-refractivity contribution in [2.75, 3.05) is 6.54 Å². The topological polar surface area (TPSA) is 46.6 Å². The highest BCUT2D eigenvalue weighted by Crippen LogP contribution is 2.25. The van der Waals surface area contributed by atoms with Crippen molar-refractivity contribution in [3.05, 3.63) is 21.9 Å². The van der Waals surface area contributed by atoms with Crippen LogP contribution in [0, 0.1) is 0 Å². The number of rotatable bonds is 0. The second-order valence-corrected chi connectivity index (χ2v) is 6.02. The Labute approximate surface area is 104 Å². The number of thiophene rings is 1. The van der Waals surface area contributed by atoms with Crippen LogP contribution in [0.2, 0.25) is 0 Å². The largest absolute Gasteiger partial charge is 0.444 e. The van der Waals surface area contributed by atoms with Crippen LogP contribution in [0.15, 0.2) is 11.4 Å². The van der Waals surface area contributed by atoms with E-state index in [4.69, 9.17) is 4.74 Å². The lowest BCUT2D eigenvalue weighted by Crippen LogP contribution is -2.41. The molecule has 1 aromatic rings. The smallest absolute Gasteiger partial charge is 0.411 e. The average Bonchev–Trinajstić information content (AvgIpc) is 2.63. The molecule has 0 radical (unpaired) electrons. The van der Waals surface area contributed by atoms with Crippen LogP contribution in [-0.4, -0.2) is 28.9 Å². The molecule has 0 saturated carbocycles. The fourth-order valence-electron chi connectivity index (χ4n) is 1.65. The standard InChI is InChI=1S/C12H15NO3S/c1-12(2,3)16-11(15)13-6-9(14)8-4-5-17-10(8)7-13/h4-5H,6-7H2,1-3H3. The number of carbonyl (C=O) groups is 2. The molecule has 17 heavy (non-hydrogen) atoms. The molecule has 1 aliphatic heterocycles. The Morgan fingerprint density at radius 2 is 2.12 bits per heavy atom. The highest BCUT2D eigenvalue weighted by molar-refractivity contribution is 7.10. The highest BCUT2D eigenvalue weighted by Gasteiger charge is 2.30. The van der Waals surface area contributed by atoms with Crippen LogP contribution in [0.3, 0.4) is 0 Å². The Hall–Kier alpha value is -1.36. The zero-order valence-corrected chi connectivity index (χ0v) is 11.0. The molecule has 0 atom stereocenters. The molecule has 1 amide bonds. The molecule has 1 aliphatic rings. The van der Waals surface area contributed by atoms with Crippen LogP contribution >= 0.6 is 11.3 Å². The number of hydrogen-bond donors (Lipinski definition) is 0. The quantitative estimate of drug-likeness (QED) is 0.714. The first-order valence-corrected chi connectivity index (χ1v) is 6.32. The molecule has 0 spiro atoms. The highest BCUT2D eigenvalue weighted by atomic mass is 32.1. The molecule has 0 fully saturated rings. The number of ether oxygens (including phenoxy) is 1. The van der Waals surface area contributed by atoms with Crippen LogP contribution in [0.5, 0.6) is 0 Å². The van der Waals surface area contributed by atoms with Crippen LogP contribution in [0.1, 0.15) is 36.0 Å². The average molecular weight is 253 g/mol. The predicted octanol–water partition coefficient (Wildman–Crippen LogP) is 2.68. The Bertz CT molecular complexity index is 459. The predicted molar refractivity (Wildman–Crippen MR) is 65.3 cm³/mol. The zero-order valence-electron chi connectivity index (χ0n) is 10.1. The van der Waals surface area contributed by atoms with Gasteiger partial charge in [-0.2, -0.15) is 0 Å². The van der Waals surface area contributed by atoms with Gasteiger partial charge in [-0.1, -0.05) is 0 Å². The number of nitrogens with zero attached hydrogens (tertiary/aromatic N) is 1. The van der Waals surface area contributed by atoms with Gasteiger partial charge in [-0.15, -0.1) is 11.3 Å². The molecule has 2 rings (SSSR count). The normalized spacial score (nSPS) is 15.7. The number of carbonyl (C=O) groups excluding carboxylic acids is 2. The van der Waals surface area contributed by atoms with E-state index in [1.165, 1.54) is 16.2 Å². The third-order valence-electron chi connectivity index (χ3n) is 2.37. The first-order valence-electron chi connectivity index (χ1n) is 5.44. The van der Waals surface area contributed by atoms with Gasteiger partial charge in [0.1, 0.15) is 5.60 Å². The number of ketones is 1. The van der Waals surface area contributed by atoms with Gasteiger partial charge < -0.3 is 4.74 Å². The van der Waals surface area contributed by atoms with E-state index in [1.54, 1.807) is 0 Å². The lowest BCUT2D eigenvalue weighted by molar-refractivity contribution is 0.0223. The van der Waals surface area contributed by atoms with Crippen molar-refractivity contribution in [2.45, 2.75) is 32.9 Å². The van der Waals surface area contributed by atoms with Crippen molar-refractivity contribution in [2.24, 2.45) is 0 Å². The van der Waals surface area contributed by atoms with Crippen molar-refractivity contribution >= 4 is 23.2 Å². The fourth-order valence-corrected chi connectivity index (χ4v) is 2.56. The van der Waals surface area contributed by atoms with Crippen molar-refractivity contribution in [3.8, 4) is 0 Å². The molecule has 2 heterocycles. The molecule has 0 saturated heterocycles. The van der Waals surface area contributed by atoms with Gasteiger partial charge in [0, 0.05) is 10.4 Å². The molecule has 5 heteroatoms. The van der Waals surface area contributed by atoms with Crippen LogP contribution in [0.4, 0.5) is 4.79 Å². The molecule has 0 unspecified atom stereocenters. The Morgan fingerprint density at radius 3 is 2.76 bits per heavy atom. The maximum Gasteiger partial charge on any atom is 0.411 e. The molecular formula is C12H15NO3S. The minimum absolute atomic E-state index is 0.0154. The number of amides is 1. The van der Waals surface area contributed by atoms with Gasteiger partial charge in [-0.05, 0) is 32.2 Å². The summed E-state index contributed by atoms with van der Waals surface area (Å²) in [6, 6.07) is 1.81. The van der Waals surface area contributed by atoms with Crippen LogP contribution in [0.25, 0.3) is 0 Å². The molecule has 0 N–H and O–H groups in total. The maximum atomic E-state index is 11.8. The van der Waals surface area contributed by atoms with E-state index in [9.17, 15) is 9.59 Å². The first-order chi connectivity index (χ1) is 7.87. The summed E-state index contributed by atoms with van der Waals surface area (Å²) < 4.78 is 5.26. The van der Waals surface area contributed by atoms with Gasteiger partial charge in [-0.3, -0.25) is 9.69 Å². The zero-order chi connectivity index (χ0) is 12.6. The molecular weight excluding hydrogens is 238 g/mol. The van der Waals surface area contributed by atoms with E-state index in [-0.39, 0.29) is 12.3 Å². The van der Waals surface area contributed by atoms with E-state index in [0.29, 0.717) is 6.54 Å². The molecule has 1 aromatic heterocycles. The monoisotopic (exact) mass is 253 g/mol. The van der Waals surface area contributed by atoms with Crippen molar-refractivity contribution < 1.29 is 14.3 Å². The van der Waals surface area contributed by atoms with E-state index >= 15 is 0 Å². The summed E-state index contributed by atoms with van der Waals surface area (Å²) in [5.74, 6) is -0.0154. The van der Waals surface area contributed by atoms with Gasteiger partial charge in [0.15, 0.2) is 5.78 Å². The number of fused-ring (bicyclic) bond motifs is 1. The van der Waals surface area contributed by atoms with E-state index < -0.39 is 11.7 Å².